The van der Waals surface area contributed by atoms with Crippen molar-refractivity contribution in [3.63, 3.8) is 0 Å². The van der Waals surface area contributed by atoms with E-state index in [0.717, 1.165) is 32.7 Å². The molecule has 2 aromatic carbocycles. The van der Waals surface area contributed by atoms with Crippen LogP contribution >= 0.6 is 0 Å². The summed E-state index contributed by atoms with van der Waals surface area (Å²) in [6.45, 7) is 9.25. The van der Waals surface area contributed by atoms with Gasteiger partial charge in [-0.2, -0.15) is 5.26 Å². The van der Waals surface area contributed by atoms with E-state index < -0.39 is 6.10 Å². The van der Waals surface area contributed by atoms with E-state index in [1.54, 1.807) is 31.2 Å². The highest BCUT2D eigenvalue weighted by molar-refractivity contribution is 5.80. The molecule has 152 valence electrons. The first kappa shape index (κ1) is 20.7. The lowest BCUT2D eigenvalue weighted by Gasteiger charge is -2.36. The third kappa shape index (κ3) is 5.97. The van der Waals surface area contributed by atoms with Gasteiger partial charge in [0.1, 0.15) is 5.75 Å². The molecule has 1 unspecified atom stereocenters. The van der Waals surface area contributed by atoms with Crippen molar-refractivity contribution in [2.75, 3.05) is 44.2 Å². The van der Waals surface area contributed by atoms with E-state index >= 15 is 0 Å². The van der Waals surface area contributed by atoms with E-state index in [0.29, 0.717) is 17.9 Å². The summed E-state index contributed by atoms with van der Waals surface area (Å²) in [5.74, 6) is 0.451. The topological polar surface area (TPSA) is 68.6 Å². The van der Waals surface area contributed by atoms with Gasteiger partial charge in [-0.1, -0.05) is 12.1 Å². The van der Waals surface area contributed by atoms with E-state index in [4.69, 9.17) is 10.00 Å². The normalized spacial score (nSPS) is 15.4. The average molecular weight is 393 g/mol. The van der Waals surface area contributed by atoms with Crippen LogP contribution in [-0.2, 0) is 4.79 Å². The highest BCUT2D eigenvalue weighted by Gasteiger charge is 2.18. The molecule has 0 bridgehead atoms. The molecule has 29 heavy (non-hydrogen) atoms. The van der Waals surface area contributed by atoms with Crippen LogP contribution in [0.3, 0.4) is 0 Å². The van der Waals surface area contributed by atoms with Crippen molar-refractivity contribution in [2.45, 2.75) is 20.0 Å². The maximum atomic E-state index is 12.3. The van der Waals surface area contributed by atoms with Crippen LogP contribution in [0.25, 0.3) is 0 Å². The zero-order chi connectivity index (χ0) is 20.6. The van der Waals surface area contributed by atoms with Gasteiger partial charge in [0.2, 0.25) is 0 Å². The third-order valence-electron chi connectivity index (χ3n) is 5.13. The molecule has 1 heterocycles. The lowest BCUT2D eigenvalue weighted by atomic mass is 10.2. The summed E-state index contributed by atoms with van der Waals surface area (Å²) in [6, 6.07) is 17.4. The molecule has 6 nitrogen and oxygen atoms in total. The smallest absolute Gasteiger partial charge is 0.260 e. The van der Waals surface area contributed by atoms with Crippen molar-refractivity contribution in [3.8, 4) is 11.8 Å². The second-order valence-corrected chi connectivity index (χ2v) is 7.35. The molecule has 1 saturated heterocycles. The van der Waals surface area contributed by atoms with Gasteiger partial charge in [-0.25, -0.2) is 0 Å². The van der Waals surface area contributed by atoms with Crippen molar-refractivity contribution >= 4 is 11.6 Å². The Morgan fingerprint density at radius 3 is 2.55 bits per heavy atom. The van der Waals surface area contributed by atoms with Crippen LogP contribution in [0.15, 0.2) is 48.5 Å². The molecule has 0 aromatic heterocycles. The van der Waals surface area contributed by atoms with Gasteiger partial charge in [-0.15, -0.1) is 0 Å². The van der Waals surface area contributed by atoms with Crippen LogP contribution in [0.5, 0.6) is 5.75 Å². The number of hydrogen-bond donors (Lipinski definition) is 1. The summed E-state index contributed by atoms with van der Waals surface area (Å²) < 4.78 is 5.65. The highest BCUT2D eigenvalue weighted by Crippen LogP contribution is 2.17. The maximum Gasteiger partial charge on any atom is 0.260 e. The fourth-order valence-corrected chi connectivity index (χ4v) is 3.40. The first-order valence-electron chi connectivity index (χ1n) is 10.0. The van der Waals surface area contributed by atoms with Crippen molar-refractivity contribution < 1.29 is 9.53 Å². The molecule has 1 aliphatic heterocycles. The summed E-state index contributed by atoms with van der Waals surface area (Å²) >= 11 is 0. The minimum absolute atomic E-state index is 0.132. The summed E-state index contributed by atoms with van der Waals surface area (Å²) in [4.78, 5) is 17.1. The van der Waals surface area contributed by atoms with Crippen molar-refractivity contribution in [2.24, 2.45) is 0 Å². The number of ether oxygens (including phenoxy) is 1. The fourth-order valence-electron chi connectivity index (χ4n) is 3.40. The van der Waals surface area contributed by atoms with Crippen molar-refractivity contribution in [1.29, 1.82) is 5.26 Å². The van der Waals surface area contributed by atoms with Crippen molar-refractivity contribution in [3.05, 3.63) is 59.7 Å². The third-order valence-corrected chi connectivity index (χ3v) is 5.13. The molecule has 1 atom stereocenters. The Bertz CT molecular complexity index is 852. The molecule has 0 aliphatic carbocycles. The Balaban J connectivity index is 1.36. The lowest BCUT2D eigenvalue weighted by molar-refractivity contribution is -0.127. The van der Waals surface area contributed by atoms with E-state index in [9.17, 15) is 4.79 Å². The highest BCUT2D eigenvalue weighted by atomic mass is 16.5. The Hall–Kier alpha value is -3.04. The van der Waals surface area contributed by atoms with E-state index in [-0.39, 0.29) is 5.91 Å². The first-order chi connectivity index (χ1) is 14.0. The zero-order valence-electron chi connectivity index (χ0n) is 17.1. The minimum Gasteiger partial charge on any atom is -0.481 e. The molecule has 3 rings (SSSR count). The van der Waals surface area contributed by atoms with Crippen LogP contribution in [0.1, 0.15) is 18.1 Å². The number of nitriles is 1. The number of carbonyl (C=O) groups is 1. The van der Waals surface area contributed by atoms with Crippen LogP contribution in [0.2, 0.25) is 0 Å². The van der Waals surface area contributed by atoms with Gasteiger partial charge in [-0.05, 0) is 55.8 Å². The number of rotatable bonds is 7. The molecule has 0 radical (unpaired) electrons. The molecule has 2 aromatic rings. The maximum absolute atomic E-state index is 12.3. The van der Waals surface area contributed by atoms with E-state index in [2.05, 4.69) is 52.4 Å². The predicted octanol–water partition coefficient (Wildman–Crippen LogP) is 2.57. The average Bonchev–Trinajstić information content (AvgIpc) is 2.74. The Kier molecular flexibility index (Phi) is 7.09. The summed E-state index contributed by atoms with van der Waals surface area (Å²) in [6.07, 6.45) is -0.582. The summed E-state index contributed by atoms with van der Waals surface area (Å²) in [7, 11) is 0. The lowest BCUT2D eigenvalue weighted by Crippen LogP contribution is -2.49. The van der Waals surface area contributed by atoms with Gasteiger partial charge in [0.15, 0.2) is 6.10 Å². The number of nitrogens with zero attached hydrogens (tertiary/aromatic N) is 3. The second kappa shape index (κ2) is 9.94. The monoisotopic (exact) mass is 392 g/mol. The van der Waals surface area contributed by atoms with E-state index in [1.807, 2.05) is 0 Å². The van der Waals surface area contributed by atoms with Gasteiger partial charge in [-0.3, -0.25) is 9.69 Å². The van der Waals surface area contributed by atoms with Gasteiger partial charge >= 0.3 is 0 Å². The number of anilines is 1. The van der Waals surface area contributed by atoms with Crippen LogP contribution in [-0.4, -0.2) is 56.2 Å². The Labute approximate surface area is 172 Å². The molecule has 0 spiro atoms. The SMILES string of the molecule is Cc1cccc(N2CCN(CCNC(=O)C(C)Oc3ccc(C#N)cc3)CC2)c1. The largest absolute Gasteiger partial charge is 0.481 e. The Morgan fingerprint density at radius 1 is 1.17 bits per heavy atom. The number of amides is 1. The number of hydrogen-bond acceptors (Lipinski definition) is 5. The van der Waals surface area contributed by atoms with Crippen LogP contribution < -0.4 is 15.0 Å². The minimum atomic E-state index is -0.582. The second-order valence-electron chi connectivity index (χ2n) is 7.35. The molecule has 1 amide bonds. The molecular formula is C23H28N4O2. The summed E-state index contributed by atoms with van der Waals surface area (Å²) in [5.41, 5.74) is 3.13. The molecule has 6 heteroatoms. The number of benzene rings is 2. The van der Waals surface area contributed by atoms with Gasteiger partial charge in [0.05, 0.1) is 11.6 Å². The van der Waals surface area contributed by atoms with Gasteiger partial charge < -0.3 is 15.0 Å². The predicted molar refractivity (Wildman–Crippen MR) is 114 cm³/mol. The molecule has 1 fully saturated rings. The van der Waals surface area contributed by atoms with Crippen molar-refractivity contribution in [1.82, 2.24) is 10.2 Å². The van der Waals surface area contributed by atoms with Crippen LogP contribution in [0.4, 0.5) is 5.69 Å². The Morgan fingerprint density at radius 2 is 1.90 bits per heavy atom. The molecular weight excluding hydrogens is 364 g/mol. The fraction of sp³-hybridized carbons (Fsp3) is 0.391. The number of carbonyl (C=O) groups excluding carboxylic acids is 1. The zero-order valence-corrected chi connectivity index (χ0v) is 17.1. The van der Waals surface area contributed by atoms with E-state index in [1.165, 1.54) is 11.3 Å². The first-order valence-corrected chi connectivity index (χ1v) is 10.0. The van der Waals surface area contributed by atoms with Crippen LogP contribution in [0, 0.1) is 18.3 Å². The number of aryl methyl sites for hydroxylation is 1. The summed E-state index contributed by atoms with van der Waals surface area (Å²) in [5, 5.41) is 11.8. The van der Waals surface area contributed by atoms with Gasteiger partial charge in [0.25, 0.3) is 5.91 Å². The number of piperazine rings is 1. The quantitative estimate of drug-likeness (QED) is 0.784. The standard InChI is InChI=1S/C23H28N4O2/c1-18-4-3-5-21(16-18)27-14-12-26(13-15-27)11-10-25-23(28)19(2)29-22-8-6-20(17-24)7-9-22/h3-9,16,19H,10-15H2,1-2H3,(H,25,28). The molecule has 1 N–H and O–H groups in total. The number of nitrogens with one attached hydrogen (secondary N) is 1. The van der Waals surface area contributed by atoms with Gasteiger partial charge in [0, 0.05) is 45.0 Å². The molecule has 0 saturated carbocycles. The molecule has 1 aliphatic rings.